The number of benzene rings is 2. The van der Waals surface area contributed by atoms with Gasteiger partial charge < -0.3 is 9.47 Å². The summed E-state index contributed by atoms with van der Waals surface area (Å²) in [6.07, 6.45) is 0.734. The van der Waals surface area contributed by atoms with E-state index in [1.54, 1.807) is 0 Å². The van der Waals surface area contributed by atoms with Crippen LogP contribution in [0.5, 0.6) is 17.2 Å². The number of likely N-dealkylation sites (tertiary alicyclic amines) is 1. The van der Waals surface area contributed by atoms with Gasteiger partial charge >= 0.3 is 0 Å². The predicted molar refractivity (Wildman–Crippen MR) is 86.8 cm³/mol. The fourth-order valence-corrected chi connectivity index (χ4v) is 2.95. The van der Waals surface area contributed by atoms with Gasteiger partial charge in [0.15, 0.2) is 0 Å². The van der Waals surface area contributed by atoms with Crippen LogP contribution < -0.4 is 9.47 Å². The lowest BCUT2D eigenvalue weighted by molar-refractivity contribution is -0.141. The van der Waals surface area contributed by atoms with Crippen LogP contribution in [0.4, 0.5) is 0 Å². The zero-order chi connectivity index (χ0) is 16.5. The van der Waals surface area contributed by atoms with Crippen LogP contribution in [0.15, 0.2) is 54.6 Å². The average molecular weight is 323 g/mol. The summed E-state index contributed by atoms with van der Waals surface area (Å²) in [5.41, 5.74) is 0. The zero-order valence-corrected chi connectivity index (χ0v) is 13.1. The van der Waals surface area contributed by atoms with E-state index in [1.807, 2.05) is 54.6 Å². The van der Waals surface area contributed by atoms with Crippen LogP contribution >= 0.6 is 0 Å². The summed E-state index contributed by atoms with van der Waals surface area (Å²) in [6, 6.07) is 16.8. The molecule has 2 aliphatic rings. The molecule has 1 saturated carbocycles. The van der Waals surface area contributed by atoms with Gasteiger partial charge in [0.25, 0.3) is 0 Å². The number of ether oxygens (including phenoxy) is 2. The van der Waals surface area contributed by atoms with Crippen LogP contribution in [0.2, 0.25) is 0 Å². The Balaban J connectivity index is 1.28. The lowest BCUT2D eigenvalue weighted by atomic mass is 10.3. The van der Waals surface area contributed by atoms with Crippen molar-refractivity contribution in [2.75, 3.05) is 13.2 Å². The van der Waals surface area contributed by atoms with Crippen molar-refractivity contribution in [3.8, 4) is 17.2 Å². The predicted octanol–water partition coefficient (Wildman–Crippen LogP) is 2.86. The first-order valence-corrected chi connectivity index (χ1v) is 8.03. The minimum Gasteiger partial charge on any atom is -0.492 e. The van der Waals surface area contributed by atoms with E-state index in [1.165, 1.54) is 4.90 Å². The molecule has 0 bridgehead atoms. The Labute approximate surface area is 139 Å². The van der Waals surface area contributed by atoms with E-state index in [2.05, 4.69) is 0 Å². The molecule has 2 fully saturated rings. The molecule has 4 rings (SSSR count). The minimum absolute atomic E-state index is 0.0415. The molecule has 1 heterocycles. The molecule has 24 heavy (non-hydrogen) atoms. The van der Waals surface area contributed by atoms with Gasteiger partial charge in [-0.15, -0.1) is 0 Å². The van der Waals surface area contributed by atoms with Crippen LogP contribution in [-0.2, 0) is 9.59 Å². The number of fused-ring (bicyclic) bond motifs is 1. The first-order valence-electron chi connectivity index (χ1n) is 8.03. The minimum atomic E-state index is -0.0491. The zero-order valence-electron chi connectivity index (χ0n) is 13.1. The van der Waals surface area contributed by atoms with Crippen LogP contribution in [0.25, 0.3) is 0 Å². The maximum absolute atomic E-state index is 11.9. The average Bonchev–Trinajstić information content (AvgIpc) is 3.36. The van der Waals surface area contributed by atoms with Crippen molar-refractivity contribution in [3.63, 3.8) is 0 Å². The molecule has 0 aromatic heterocycles. The Kier molecular flexibility index (Phi) is 3.69. The van der Waals surface area contributed by atoms with Gasteiger partial charge in [-0.1, -0.05) is 18.2 Å². The molecule has 0 N–H and O–H groups in total. The van der Waals surface area contributed by atoms with Gasteiger partial charge in [0.2, 0.25) is 11.8 Å². The highest BCUT2D eigenvalue weighted by Gasteiger charge is 2.58. The van der Waals surface area contributed by atoms with Crippen molar-refractivity contribution in [3.05, 3.63) is 54.6 Å². The van der Waals surface area contributed by atoms with E-state index < -0.39 is 0 Å². The smallest absolute Gasteiger partial charge is 0.233 e. The fourth-order valence-electron chi connectivity index (χ4n) is 2.95. The molecule has 0 spiro atoms. The lowest BCUT2D eigenvalue weighted by Gasteiger charge is -2.16. The maximum atomic E-state index is 11.9. The summed E-state index contributed by atoms with van der Waals surface area (Å²) in [5, 5.41) is 0. The standard InChI is InChI=1S/C19H17NO4/c21-18-16-12-17(16)19(22)20(18)10-11-23-13-6-8-15(9-7-13)24-14-4-2-1-3-5-14/h1-9,16-17H,10-12H2/t16-,17-/m1/s1. The highest BCUT2D eigenvalue weighted by Crippen LogP contribution is 2.46. The Morgan fingerprint density at radius 3 is 2.08 bits per heavy atom. The highest BCUT2D eigenvalue weighted by atomic mass is 16.5. The molecule has 0 radical (unpaired) electrons. The van der Waals surface area contributed by atoms with Crippen molar-refractivity contribution < 1.29 is 19.1 Å². The second kappa shape index (κ2) is 6.00. The number of carbonyl (C=O) groups is 2. The van der Waals surface area contributed by atoms with Crippen molar-refractivity contribution in [1.29, 1.82) is 0 Å². The third-order valence-electron chi connectivity index (χ3n) is 4.34. The number of hydrogen-bond acceptors (Lipinski definition) is 4. The summed E-state index contributed by atoms with van der Waals surface area (Å²) < 4.78 is 11.3. The van der Waals surface area contributed by atoms with E-state index in [-0.39, 0.29) is 23.7 Å². The van der Waals surface area contributed by atoms with Crippen molar-refractivity contribution >= 4 is 11.8 Å². The summed E-state index contributed by atoms with van der Waals surface area (Å²) in [6.45, 7) is 0.614. The van der Waals surface area contributed by atoms with Gasteiger partial charge in [0.1, 0.15) is 23.9 Å². The monoisotopic (exact) mass is 323 g/mol. The fraction of sp³-hybridized carbons (Fsp3) is 0.263. The van der Waals surface area contributed by atoms with Crippen molar-refractivity contribution in [2.45, 2.75) is 6.42 Å². The Morgan fingerprint density at radius 2 is 1.42 bits per heavy atom. The summed E-state index contributed by atoms with van der Waals surface area (Å²) in [5.74, 6) is 1.99. The number of carbonyl (C=O) groups excluding carboxylic acids is 2. The molecule has 5 nitrogen and oxygen atoms in total. The summed E-state index contributed by atoms with van der Waals surface area (Å²) >= 11 is 0. The lowest BCUT2D eigenvalue weighted by Crippen LogP contribution is -2.36. The van der Waals surface area contributed by atoms with Crippen LogP contribution in [-0.4, -0.2) is 29.9 Å². The molecule has 122 valence electrons. The summed E-state index contributed by atoms with van der Waals surface area (Å²) in [4.78, 5) is 25.0. The number of nitrogens with zero attached hydrogens (tertiary/aromatic N) is 1. The quantitative estimate of drug-likeness (QED) is 0.767. The normalized spacial score (nSPS) is 21.6. The first kappa shape index (κ1) is 14.8. The second-order valence-electron chi connectivity index (χ2n) is 6.01. The van der Waals surface area contributed by atoms with E-state index in [0.29, 0.717) is 18.9 Å². The van der Waals surface area contributed by atoms with E-state index in [4.69, 9.17) is 9.47 Å². The van der Waals surface area contributed by atoms with Crippen LogP contribution in [0.1, 0.15) is 6.42 Å². The molecular weight excluding hydrogens is 306 g/mol. The molecule has 5 heteroatoms. The Morgan fingerprint density at radius 1 is 0.833 bits per heavy atom. The van der Waals surface area contributed by atoms with Crippen molar-refractivity contribution in [2.24, 2.45) is 11.8 Å². The first-order chi connectivity index (χ1) is 11.7. The topological polar surface area (TPSA) is 55.8 Å². The molecule has 2 aromatic carbocycles. The molecule has 0 unspecified atom stereocenters. The van der Waals surface area contributed by atoms with Crippen LogP contribution in [0, 0.1) is 11.8 Å². The molecule has 1 aliphatic heterocycles. The molecular formula is C19H17NO4. The summed E-state index contributed by atoms with van der Waals surface area (Å²) in [7, 11) is 0. The van der Waals surface area contributed by atoms with E-state index in [9.17, 15) is 9.59 Å². The van der Waals surface area contributed by atoms with E-state index >= 15 is 0 Å². The van der Waals surface area contributed by atoms with Gasteiger partial charge in [-0.2, -0.15) is 0 Å². The van der Waals surface area contributed by atoms with Gasteiger partial charge in [0.05, 0.1) is 18.4 Å². The van der Waals surface area contributed by atoms with E-state index in [0.717, 1.165) is 17.9 Å². The van der Waals surface area contributed by atoms with Crippen molar-refractivity contribution in [1.82, 2.24) is 4.90 Å². The SMILES string of the molecule is O=C1[C@@H]2C[C@H]2C(=O)N1CCOc1ccc(Oc2ccccc2)cc1. The Bertz CT molecular complexity index is 737. The second-order valence-corrected chi connectivity index (χ2v) is 6.01. The Hall–Kier alpha value is -2.82. The van der Waals surface area contributed by atoms with Gasteiger partial charge in [-0.25, -0.2) is 0 Å². The van der Waals surface area contributed by atoms with Crippen LogP contribution in [0.3, 0.4) is 0 Å². The third-order valence-corrected chi connectivity index (χ3v) is 4.34. The molecule has 1 aliphatic carbocycles. The number of piperidine rings is 1. The number of para-hydroxylation sites is 1. The largest absolute Gasteiger partial charge is 0.492 e. The number of amides is 2. The van der Waals surface area contributed by atoms with Gasteiger partial charge in [-0.3, -0.25) is 14.5 Å². The highest BCUT2D eigenvalue weighted by molar-refractivity contribution is 6.08. The molecule has 2 aromatic rings. The molecule has 2 amide bonds. The number of imide groups is 1. The number of rotatable bonds is 6. The molecule has 2 atom stereocenters. The van der Waals surface area contributed by atoms with Gasteiger partial charge in [0, 0.05) is 0 Å². The van der Waals surface area contributed by atoms with Gasteiger partial charge in [-0.05, 0) is 42.8 Å². The maximum Gasteiger partial charge on any atom is 0.233 e. The number of hydrogen-bond donors (Lipinski definition) is 0. The third kappa shape index (κ3) is 2.85. The molecule has 1 saturated heterocycles.